The molecule has 228 valence electrons. The number of unbranched alkanes of at least 4 members (excludes halogenated alkanes) is 3. The van der Waals surface area contributed by atoms with E-state index in [4.69, 9.17) is 0 Å². The Morgan fingerprint density at radius 3 is 2.55 bits per heavy atom. The van der Waals surface area contributed by atoms with Crippen LogP contribution < -0.4 is 16.5 Å². The number of carbonyl (C=O) groups excluding carboxylic acids is 1. The van der Waals surface area contributed by atoms with Crippen LogP contribution in [0.5, 0.6) is 0 Å². The number of imidazole rings is 1. The quantitative estimate of drug-likeness (QED) is 0.123. The van der Waals surface area contributed by atoms with Crippen molar-refractivity contribution in [3.63, 3.8) is 0 Å². The van der Waals surface area contributed by atoms with Crippen molar-refractivity contribution in [2.45, 2.75) is 96.9 Å². The molecule has 0 saturated carbocycles. The number of aldehydes is 1. The van der Waals surface area contributed by atoms with Gasteiger partial charge >= 0.3 is 0 Å². The predicted octanol–water partition coefficient (Wildman–Crippen LogP) is 6.19. The Morgan fingerprint density at radius 1 is 1.10 bits per heavy atom. The number of nitrogens with zero attached hydrogens (tertiary/aromatic N) is 3. The van der Waals surface area contributed by atoms with Gasteiger partial charge in [-0.2, -0.15) is 5.10 Å². The van der Waals surface area contributed by atoms with E-state index >= 15 is 0 Å². The van der Waals surface area contributed by atoms with Gasteiger partial charge in [0, 0.05) is 29.5 Å². The number of nitrogens with one attached hydrogen (secondary N) is 3. The van der Waals surface area contributed by atoms with Gasteiger partial charge in [0.2, 0.25) is 0 Å². The zero-order valence-electron chi connectivity index (χ0n) is 26.2. The highest BCUT2D eigenvalue weighted by Crippen LogP contribution is 2.28. The number of H-pyrrole nitrogens is 1. The maximum atomic E-state index is 10.4. The number of aromatic amines is 1. The van der Waals surface area contributed by atoms with Crippen LogP contribution in [0.2, 0.25) is 0 Å². The molecule has 0 amide bonds. The number of rotatable bonds is 11. The van der Waals surface area contributed by atoms with Crippen LogP contribution in [-0.2, 0) is 17.6 Å². The summed E-state index contributed by atoms with van der Waals surface area (Å²) in [5.74, 6) is 1.09. The molecule has 0 unspecified atom stereocenters. The summed E-state index contributed by atoms with van der Waals surface area (Å²) in [4.78, 5) is 23.3. The zero-order chi connectivity index (χ0) is 30.4. The van der Waals surface area contributed by atoms with Crippen molar-refractivity contribution in [1.82, 2.24) is 25.7 Å². The van der Waals surface area contributed by atoms with E-state index in [-0.39, 0.29) is 5.54 Å². The van der Waals surface area contributed by atoms with E-state index in [1.165, 1.54) is 61.2 Å². The van der Waals surface area contributed by atoms with Gasteiger partial charge in [-0.1, -0.05) is 44.9 Å². The van der Waals surface area contributed by atoms with Crippen molar-refractivity contribution in [3.8, 4) is 11.3 Å². The number of pyridine rings is 1. The number of nitrogens with two attached hydrogens (primary N) is 1. The van der Waals surface area contributed by atoms with E-state index in [9.17, 15) is 4.79 Å². The smallest absolute Gasteiger partial charge is 0.166 e. The number of benzene rings is 1. The Balaban J connectivity index is 0.000000286. The molecule has 42 heavy (non-hydrogen) atoms. The molecular formula is C34H51N7O. The van der Waals surface area contributed by atoms with Crippen LogP contribution >= 0.6 is 0 Å². The molecule has 3 aromatic rings. The van der Waals surface area contributed by atoms with Crippen molar-refractivity contribution >= 4 is 22.9 Å². The first-order valence-corrected chi connectivity index (χ1v) is 15.6. The maximum Gasteiger partial charge on any atom is 0.166 e. The fourth-order valence-electron chi connectivity index (χ4n) is 5.56. The molecule has 0 bridgehead atoms. The average Bonchev–Trinajstić information content (AvgIpc) is 3.66. The normalized spacial score (nSPS) is 15.2. The van der Waals surface area contributed by atoms with E-state index in [2.05, 4.69) is 81.2 Å². The third kappa shape index (κ3) is 9.33. The second kappa shape index (κ2) is 16.9. The molecule has 5 N–H and O–H groups in total. The van der Waals surface area contributed by atoms with E-state index in [0.29, 0.717) is 5.71 Å². The molecule has 2 aliphatic rings. The summed E-state index contributed by atoms with van der Waals surface area (Å²) in [6, 6.07) is 8.71. The minimum atomic E-state index is 0.0987. The SMILES string of the molecule is C=C(CC)CCCCCCc1ncc(-c2cc3ccc(C)nc3cc2CC)[nH]1.CN.O=CC1=NNC2(CCNCC2)C1. The molecule has 1 aromatic carbocycles. The Kier molecular flexibility index (Phi) is 13.4. The number of allylic oxidation sites excluding steroid dienone is 1. The summed E-state index contributed by atoms with van der Waals surface area (Å²) in [5.41, 5.74) is 15.5. The van der Waals surface area contributed by atoms with E-state index in [0.717, 1.165) is 80.6 Å². The minimum Gasteiger partial charge on any atom is -0.342 e. The fraction of sp³-hybridized carbons (Fsp3) is 0.529. The number of fused-ring (bicyclic) bond motifs is 1. The second-order valence-corrected chi connectivity index (χ2v) is 11.3. The average molecular weight is 574 g/mol. The van der Waals surface area contributed by atoms with Crippen LogP contribution in [0.4, 0.5) is 0 Å². The molecule has 5 rings (SSSR count). The molecule has 2 aliphatic heterocycles. The zero-order valence-corrected chi connectivity index (χ0v) is 26.2. The van der Waals surface area contributed by atoms with E-state index in [1.807, 2.05) is 13.1 Å². The van der Waals surface area contributed by atoms with Crippen LogP contribution in [0.1, 0.15) is 88.7 Å². The lowest BCUT2D eigenvalue weighted by Crippen LogP contribution is -2.48. The molecule has 1 spiro atoms. The lowest BCUT2D eigenvalue weighted by atomic mass is 9.85. The predicted molar refractivity (Wildman–Crippen MR) is 176 cm³/mol. The lowest BCUT2D eigenvalue weighted by Gasteiger charge is -2.32. The van der Waals surface area contributed by atoms with Crippen molar-refractivity contribution in [1.29, 1.82) is 0 Å². The Bertz CT molecular complexity index is 1320. The highest BCUT2D eigenvalue weighted by molar-refractivity contribution is 6.29. The Morgan fingerprint density at radius 2 is 1.86 bits per heavy atom. The number of hydrogen-bond acceptors (Lipinski definition) is 7. The summed E-state index contributed by atoms with van der Waals surface area (Å²) in [5, 5.41) is 8.47. The Hall–Kier alpha value is -3.36. The molecule has 0 radical (unpaired) electrons. The molecule has 4 heterocycles. The standard InChI is InChI=1S/C25H33N3.C8H13N3O.CH5N/c1-5-18(3)11-9-7-8-10-12-25-26-17-24(28-25)22-15-21-14-13-19(4)27-23(21)16-20(22)6-2;12-6-7-5-8(11-10-7)1-3-9-4-2-8;1-2/h13-17H,3,5-12H2,1-2,4H3,(H,26,28);6,9,11H,1-5H2;2H2,1H3. The van der Waals surface area contributed by atoms with Crippen molar-refractivity contribution < 1.29 is 4.79 Å². The summed E-state index contributed by atoms with van der Waals surface area (Å²) in [6.07, 6.45) is 15.1. The van der Waals surface area contributed by atoms with Crippen molar-refractivity contribution in [3.05, 3.63) is 59.7 Å². The highest BCUT2D eigenvalue weighted by Gasteiger charge is 2.36. The van der Waals surface area contributed by atoms with Crippen LogP contribution in [0.25, 0.3) is 22.2 Å². The lowest BCUT2D eigenvalue weighted by molar-refractivity contribution is -0.102. The second-order valence-electron chi connectivity index (χ2n) is 11.3. The number of hydrogen-bond donors (Lipinski definition) is 4. The van der Waals surface area contributed by atoms with Gasteiger partial charge in [0.15, 0.2) is 6.29 Å². The molecule has 1 saturated heterocycles. The third-order valence-electron chi connectivity index (χ3n) is 8.20. The molecular weight excluding hydrogens is 522 g/mol. The number of aromatic nitrogens is 3. The van der Waals surface area contributed by atoms with E-state index < -0.39 is 0 Å². The first-order chi connectivity index (χ1) is 20.4. The largest absolute Gasteiger partial charge is 0.342 e. The van der Waals surface area contributed by atoms with Crippen LogP contribution in [0, 0.1) is 6.92 Å². The van der Waals surface area contributed by atoms with Crippen LogP contribution in [-0.4, -0.2) is 52.6 Å². The summed E-state index contributed by atoms with van der Waals surface area (Å²) < 4.78 is 0. The third-order valence-corrected chi connectivity index (χ3v) is 8.20. The minimum absolute atomic E-state index is 0.0987. The first kappa shape index (κ1) is 33.1. The molecule has 8 nitrogen and oxygen atoms in total. The maximum absolute atomic E-state index is 10.4. The summed E-state index contributed by atoms with van der Waals surface area (Å²) in [6.45, 7) is 12.6. The number of aryl methyl sites for hydroxylation is 3. The molecule has 8 heteroatoms. The molecule has 0 aliphatic carbocycles. The van der Waals surface area contributed by atoms with Gasteiger partial charge < -0.3 is 21.5 Å². The van der Waals surface area contributed by atoms with Gasteiger partial charge in [0.05, 0.1) is 22.9 Å². The number of carbonyl (C=O) groups is 1. The molecule has 0 atom stereocenters. The summed E-state index contributed by atoms with van der Waals surface area (Å²) in [7, 11) is 1.50. The van der Waals surface area contributed by atoms with Gasteiger partial charge in [0.1, 0.15) is 11.5 Å². The monoisotopic (exact) mass is 573 g/mol. The van der Waals surface area contributed by atoms with Crippen molar-refractivity contribution in [2.75, 3.05) is 20.1 Å². The van der Waals surface area contributed by atoms with Crippen molar-refractivity contribution in [2.24, 2.45) is 10.8 Å². The van der Waals surface area contributed by atoms with Gasteiger partial charge in [-0.3, -0.25) is 9.78 Å². The van der Waals surface area contributed by atoms with Crippen LogP contribution in [0.3, 0.4) is 0 Å². The van der Waals surface area contributed by atoms with E-state index in [1.54, 1.807) is 0 Å². The Labute approximate surface area is 252 Å². The fourth-order valence-corrected chi connectivity index (χ4v) is 5.56. The highest BCUT2D eigenvalue weighted by atomic mass is 16.1. The van der Waals surface area contributed by atoms with Gasteiger partial charge in [-0.25, -0.2) is 4.98 Å². The van der Waals surface area contributed by atoms with Gasteiger partial charge in [0.25, 0.3) is 0 Å². The van der Waals surface area contributed by atoms with Gasteiger partial charge in [-0.05, 0) is 95.8 Å². The number of hydrazone groups is 1. The van der Waals surface area contributed by atoms with Gasteiger partial charge in [-0.15, -0.1) is 0 Å². The molecule has 2 aromatic heterocycles. The number of piperidine rings is 1. The van der Waals surface area contributed by atoms with Crippen LogP contribution in [0.15, 0.2) is 47.7 Å². The first-order valence-electron chi connectivity index (χ1n) is 15.6. The summed E-state index contributed by atoms with van der Waals surface area (Å²) >= 11 is 0. The topological polar surface area (TPSA) is 121 Å². The molecule has 1 fully saturated rings.